The van der Waals surface area contributed by atoms with Crippen LogP contribution in [-0.2, 0) is 11.4 Å². The zero-order valence-electron chi connectivity index (χ0n) is 9.82. The van der Waals surface area contributed by atoms with E-state index in [0.29, 0.717) is 25.6 Å². The summed E-state index contributed by atoms with van der Waals surface area (Å²) in [7, 11) is 0. The molecule has 0 unspecified atom stereocenters. The van der Waals surface area contributed by atoms with Crippen molar-refractivity contribution in [2.45, 2.75) is 12.6 Å². The highest BCUT2D eigenvalue weighted by atomic mass is 16.7. The Balaban J connectivity index is 1.70. The summed E-state index contributed by atoms with van der Waals surface area (Å²) in [5.74, 6) is 1.33. The fourth-order valence-electron chi connectivity index (χ4n) is 1.91. The highest BCUT2D eigenvalue weighted by Gasteiger charge is 2.23. The van der Waals surface area contributed by atoms with E-state index < -0.39 is 6.10 Å². The Labute approximate surface area is 105 Å². The molecule has 3 rings (SSSR count). The normalized spacial score (nSPS) is 20.4. The molecule has 1 fully saturated rings. The molecule has 0 radical (unpaired) electrons. The van der Waals surface area contributed by atoms with Gasteiger partial charge in [0.2, 0.25) is 5.89 Å². The van der Waals surface area contributed by atoms with Crippen LogP contribution in [0.2, 0.25) is 0 Å². The van der Waals surface area contributed by atoms with Gasteiger partial charge in [0.05, 0.1) is 25.5 Å². The van der Waals surface area contributed by atoms with E-state index in [0.717, 1.165) is 11.3 Å². The standard InChI is InChI=1S/C13H14N2O3/c16-11-7-15(17-9-11)8-13-14-6-12(18-13)10-4-2-1-3-5-10/h1-6,11,16H,7-9H2/t11-/m0/s1. The zero-order valence-corrected chi connectivity index (χ0v) is 9.82. The predicted molar refractivity (Wildman–Crippen MR) is 64.3 cm³/mol. The van der Waals surface area contributed by atoms with Crippen molar-refractivity contribution >= 4 is 0 Å². The van der Waals surface area contributed by atoms with E-state index >= 15 is 0 Å². The number of hydrogen-bond donors (Lipinski definition) is 1. The monoisotopic (exact) mass is 246 g/mol. The second-order valence-electron chi connectivity index (χ2n) is 4.26. The van der Waals surface area contributed by atoms with E-state index in [4.69, 9.17) is 9.25 Å². The maximum atomic E-state index is 9.34. The summed E-state index contributed by atoms with van der Waals surface area (Å²) >= 11 is 0. The second-order valence-corrected chi connectivity index (χ2v) is 4.26. The molecular weight excluding hydrogens is 232 g/mol. The summed E-state index contributed by atoms with van der Waals surface area (Å²) in [6.45, 7) is 1.28. The number of β-amino-alcohol motifs (C(OH)–C–C–N with tert-alkyl or cyclic N) is 1. The molecule has 2 heterocycles. The van der Waals surface area contributed by atoms with Crippen molar-refractivity contribution in [2.75, 3.05) is 13.2 Å². The average molecular weight is 246 g/mol. The van der Waals surface area contributed by atoms with Crippen LogP contribution in [0.25, 0.3) is 11.3 Å². The predicted octanol–water partition coefficient (Wildman–Crippen LogP) is 1.45. The molecule has 5 heteroatoms. The van der Waals surface area contributed by atoms with Gasteiger partial charge < -0.3 is 9.52 Å². The molecule has 1 saturated heterocycles. The van der Waals surface area contributed by atoms with Gasteiger partial charge in [-0.05, 0) is 0 Å². The Morgan fingerprint density at radius 1 is 1.33 bits per heavy atom. The summed E-state index contributed by atoms with van der Waals surface area (Å²) in [5, 5.41) is 11.0. The van der Waals surface area contributed by atoms with Crippen LogP contribution in [0, 0.1) is 0 Å². The van der Waals surface area contributed by atoms with E-state index in [1.807, 2.05) is 30.3 Å². The summed E-state index contributed by atoms with van der Waals surface area (Å²) in [6.07, 6.45) is 1.28. The van der Waals surface area contributed by atoms with Crippen molar-refractivity contribution in [3.05, 3.63) is 42.4 Å². The van der Waals surface area contributed by atoms with Gasteiger partial charge in [0.15, 0.2) is 5.76 Å². The molecule has 0 spiro atoms. The summed E-state index contributed by atoms with van der Waals surface area (Å²) in [6, 6.07) is 9.82. The van der Waals surface area contributed by atoms with E-state index in [1.54, 1.807) is 11.3 Å². The molecule has 1 atom stereocenters. The minimum atomic E-state index is -0.423. The van der Waals surface area contributed by atoms with Gasteiger partial charge >= 0.3 is 0 Å². The molecule has 0 aliphatic carbocycles. The Morgan fingerprint density at radius 3 is 2.89 bits per heavy atom. The van der Waals surface area contributed by atoms with Crippen molar-refractivity contribution in [1.82, 2.24) is 10.0 Å². The largest absolute Gasteiger partial charge is 0.439 e. The molecule has 5 nitrogen and oxygen atoms in total. The quantitative estimate of drug-likeness (QED) is 0.888. The number of aliphatic hydroxyl groups is 1. The molecule has 1 aromatic heterocycles. The van der Waals surface area contributed by atoms with Gasteiger partial charge in [-0.25, -0.2) is 4.98 Å². The van der Waals surface area contributed by atoms with Crippen molar-refractivity contribution in [3.63, 3.8) is 0 Å². The van der Waals surface area contributed by atoms with Crippen LogP contribution in [0.5, 0.6) is 0 Å². The Kier molecular flexibility index (Phi) is 3.10. The number of aliphatic hydroxyl groups excluding tert-OH is 1. The summed E-state index contributed by atoms with van der Waals surface area (Å²) < 4.78 is 5.65. The van der Waals surface area contributed by atoms with Gasteiger partial charge in [-0.1, -0.05) is 30.3 Å². The van der Waals surface area contributed by atoms with Gasteiger partial charge in [-0.3, -0.25) is 4.84 Å². The van der Waals surface area contributed by atoms with E-state index in [2.05, 4.69) is 4.98 Å². The fraction of sp³-hybridized carbons (Fsp3) is 0.308. The topological polar surface area (TPSA) is 58.7 Å². The van der Waals surface area contributed by atoms with Crippen LogP contribution in [0.3, 0.4) is 0 Å². The molecule has 0 amide bonds. The minimum Gasteiger partial charge on any atom is -0.439 e. The SMILES string of the molecule is O[C@@H]1CON(Cc2ncc(-c3ccccc3)o2)C1. The summed E-state index contributed by atoms with van der Waals surface area (Å²) in [5.41, 5.74) is 0.999. The minimum absolute atomic E-state index is 0.340. The lowest BCUT2D eigenvalue weighted by atomic mass is 10.2. The first-order valence-corrected chi connectivity index (χ1v) is 5.87. The Bertz CT molecular complexity index is 512. The van der Waals surface area contributed by atoms with Gasteiger partial charge in [0, 0.05) is 5.56 Å². The maximum absolute atomic E-state index is 9.34. The number of nitrogens with zero attached hydrogens (tertiary/aromatic N) is 2. The Morgan fingerprint density at radius 2 is 2.17 bits per heavy atom. The Hall–Kier alpha value is -1.69. The van der Waals surface area contributed by atoms with Crippen LogP contribution in [0.4, 0.5) is 0 Å². The lowest BCUT2D eigenvalue weighted by molar-refractivity contribution is -0.121. The third-order valence-corrected chi connectivity index (χ3v) is 2.79. The fourth-order valence-corrected chi connectivity index (χ4v) is 1.91. The number of rotatable bonds is 3. The van der Waals surface area contributed by atoms with E-state index in [-0.39, 0.29) is 0 Å². The summed E-state index contributed by atoms with van der Waals surface area (Å²) in [4.78, 5) is 9.48. The van der Waals surface area contributed by atoms with Gasteiger partial charge in [-0.15, -0.1) is 0 Å². The highest BCUT2D eigenvalue weighted by molar-refractivity contribution is 5.55. The molecule has 1 aliphatic heterocycles. The van der Waals surface area contributed by atoms with Crippen LogP contribution in [-0.4, -0.2) is 34.4 Å². The molecule has 2 aromatic rings. The van der Waals surface area contributed by atoms with Gasteiger partial charge in [-0.2, -0.15) is 5.06 Å². The second kappa shape index (κ2) is 4.89. The molecule has 1 N–H and O–H groups in total. The lowest BCUT2D eigenvalue weighted by Gasteiger charge is -2.09. The van der Waals surface area contributed by atoms with Crippen LogP contribution < -0.4 is 0 Å². The molecule has 94 valence electrons. The van der Waals surface area contributed by atoms with Gasteiger partial charge in [0.1, 0.15) is 6.54 Å². The molecule has 1 aromatic carbocycles. The number of hydrogen-bond acceptors (Lipinski definition) is 5. The van der Waals surface area contributed by atoms with Crippen molar-refractivity contribution in [2.24, 2.45) is 0 Å². The van der Waals surface area contributed by atoms with Gasteiger partial charge in [0.25, 0.3) is 0 Å². The average Bonchev–Trinajstić information content (AvgIpc) is 3.01. The highest BCUT2D eigenvalue weighted by Crippen LogP contribution is 2.21. The van der Waals surface area contributed by atoms with Crippen LogP contribution in [0.1, 0.15) is 5.89 Å². The molecule has 18 heavy (non-hydrogen) atoms. The number of benzene rings is 1. The maximum Gasteiger partial charge on any atom is 0.211 e. The smallest absolute Gasteiger partial charge is 0.211 e. The van der Waals surface area contributed by atoms with Crippen molar-refractivity contribution < 1.29 is 14.4 Å². The number of hydroxylamine groups is 2. The first-order chi connectivity index (χ1) is 8.81. The number of aromatic nitrogens is 1. The van der Waals surface area contributed by atoms with Crippen LogP contribution >= 0.6 is 0 Å². The third-order valence-electron chi connectivity index (χ3n) is 2.79. The third kappa shape index (κ3) is 2.43. The first-order valence-electron chi connectivity index (χ1n) is 5.87. The van der Waals surface area contributed by atoms with E-state index in [1.165, 1.54) is 0 Å². The van der Waals surface area contributed by atoms with Crippen molar-refractivity contribution in [1.29, 1.82) is 0 Å². The number of oxazole rings is 1. The molecule has 0 bridgehead atoms. The van der Waals surface area contributed by atoms with E-state index in [9.17, 15) is 5.11 Å². The van der Waals surface area contributed by atoms with Crippen LogP contribution in [0.15, 0.2) is 40.9 Å². The lowest BCUT2D eigenvalue weighted by Crippen LogP contribution is -2.20. The zero-order chi connectivity index (χ0) is 12.4. The first kappa shape index (κ1) is 11.4. The molecule has 1 aliphatic rings. The molecular formula is C13H14N2O3. The molecule has 0 saturated carbocycles. The van der Waals surface area contributed by atoms with Crippen molar-refractivity contribution in [3.8, 4) is 11.3 Å².